The van der Waals surface area contributed by atoms with Crippen LogP contribution in [0.4, 0.5) is 11.6 Å². The van der Waals surface area contributed by atoms with Crippen LogP contribution in [-0.2, 0) is 7.05 Å². The lowest BCUT2D eigenvalue weighted by Crippen LogP contribution is -2.37. The zero-order valence-corrected chi connectivity index (χ0v) is 19.8. The van der Waals surface area contributed by atoms with Crippen LogP contribution < -0.4 is 21.6 Å². The van der Waals surface area contributed by atoms with Crippen molar-refractivity contribution in [2.45, 2.75) is 19.4 Å². The van der Waals surface area contributed by atoms with Crippen LogP contribution in [0.25, 0.3) is 16.7 Å². The highest BCUT2D eigenvalue weighted by Crippen LogP contribution is 2.32. The number of nitrogens with one attached hydrogen (secondary N) is 1. The average Bonchev–Trinajstić information content (AvgIpc) is 3.48. The smallest absolute Gasteiger partial charge is 0.350 e. The van der Waals surface area contributed by atoms with Crippen molar-refractivity contribution in [2.24, 2.45) is 7.05 Å². The lowest BCUT2D eigenvalue weighted by atomic mass is 10.1. The molecular formula is C21H20Cl2N8O3. The molecule has 3 N–H and O–H groups in total. The molecule has 0 radical (unpaired) electrons. The van der Waals surface area contributed by atoms with Crippen LogP contribution in [0.3, 0.4) is 0 Å². The van der Waals surface area contributed by atoms with E-state index < -0.39 is 5.91 Å². The lowest BCUT2D eigenvalue weighted by molar-refractivity contribution is 0.0940. The number of halogens is 2. The van der Waals surface area contributed by atoms with Crippen molar-refractivity contribution in [1.29, 1.82) is 0 Å². The van der Waals surface area contributed by atoms with Gasteiger partial charge in [0.15, 0.2) is 11.6 Å². The first kappa shape index (κ1) is 22.2. The number of hydrogen-bond donors (Lipinski definition) is 2. The number of amides is 1. The van der Waals surface area contributed by atoms with Gasteiger partial charge in [-0.05, 0) is 31.5 Å². The molecule has 5 rings (SSSR count). The van der Waals surface area contributed by atoms with Gasteiger partial charge in [0.2, 0.25) is 5.58 Å². The normalized spacial score (nSPS) is 15.9. The number of nitrogens with two attached hydrogens (primary N) is 1. The fraction of sp³-hybridized carbons (Fsp3) is 0.286. The average molecular weight is 503 g/mol. The van der Waals surface area contributed by atoms with Crippen LogP contribution in [0, 0.1) is 6.92 Å². The minimum Gasteiger partial charge on any atom is -0.380 e. The number of anilines is 2. The van der Waals surface area contributed by atoms with E-state index in [9.17, 15) is 9.59 Å². The summed E-state index contributed by atoms with van der Waals surface area (Å²) in [5.74, 6) is 0.545. The standard InChI is InChI=1S/C21H20Cl2N8O3/c1-10-5-13-17(34-28-18(13)24)19(26-10)30-4-3-11(8-30)27-20(32)16-14(22)6-12(7-15(16)23)31-9-25-29(2)21(31)33/h5-7,9,11H,3-4,8H2,1-2H3,(H2,24,28)(H,27,32)/t11-/m1/s1. The number of fused-ring (bicyclic) bond motifs is 1. The SMILES string of the molecule is Cc1cc2c(N)noc2c(N2CC[C@@H](NC(=O)c3c(Cl)cc(-n4cnn(C)c4=O)cc3Cl)C2)n1. The number of benzene rings is 1. The largest absolute Gasteiger partial charge is 0.380 e. The maximum Gasteiger partial charge on any atom is 0.350 e. The van der Waals surface area contributed by atoms with Crippen molar-refractivity contribution < 1.29 is 9.32 Å². The van der Waals surface area contributed by atoms with Crippen LogP contribution in [0.1, 0.15) is 22.5 Å². The minimum atomic E-state index is -0.404. The van der Waals surface area contributed by atoms with Crippen molar-refractivity contribution >= 4 is 51.7 Å². The molecule has 176 valence electrons. The molecule has 0 bridgehead atoms. The van der Waals surface area contributed by atoms with E-state index in [-0.39, 0.29) is 27.3 Å². The van der Waals surface area contributed by atoms with Gasteiger partial charge in [-0.1, -0.05) is 28.4 Å². The van der Waals surface area contributed by atoms with E-state index in [1.54, 1.807) is 0 Å². The maximum atomic E-state index is 13.0. The Labute approximate surface area is 203 Å². The Morgan fingerprint density at radius 3 is 2.68 bits per heavy atom. The molecule has 3 aromatic heterocycles. The van der Waals surface area contributed by atoms with Crippen molar-refractivity contribution in [3.8, 4) is 5.69 Å². The van der Waals surface area contributed by atoms with E-state index in [4.69, 9.17) is 33.5 Å². The van der Waals surface area contributed by atoms with E-state index in [1.807, 2.05) is 17.9 Å². The molecule has 0 aliphatic carbocycles. The Hall–Kier alpha value is -3.57. The van der Waals surface area contributed by atoms with Crippen molar-refractivity contribution in [3.63, 3.8) is 0 Å². The quantitative estimate of drug-likeness (QED) is 0.433. The number of nitrogens with zero attached hydrogens (tertiary/aromatic N) is 6. The molecule has 0 saturated carbocycles. The Kier molecular flexibility index (Phi) is 5.45. The van der Waals surface area contributed by atoms with Gasteiger partial charge in [-0.25, -0.2) is 19.0 Å². The predicted octanol–water partition coefficient (Wildman–Crippen LogP) is 2.31. The zero-order chi connectivity index (χ0) is 24.1. The molecule has 1 aliphatic rings. The Bertz CT molecular complexity index is 1470. The van der Waals surface area contributed by atoms with Crippen LogP contribution in [0.15, 0.2) is 33.8 Å². The number of nitrogen functional groups attached to an aromatic ring is 1. The molecular weight excluding hydrogens is 483 g/mol. The summed E-state index contributed by atoms with van der Waals surface area (Å²) in [5, 5.41) is 11.7. The molecule has 0 spiro atoms. The van der Waals surface area contributed by atoms with Gasteiger partial charge in [-0.3, -0.25) is 4.79 Å². The first-order valence-electron chi connectivity index (χ1n) is 10.4. The molecule has 1 aromatic carbocycles. The molecule has 1 aliphatic heterocycles. The summed E-state index contributed by atoms with van der Waals surface area (Å²) in [6.07, 6.45) is 2.04. The summed E-state index contributed by atoms with van der Waals surface area (Å²) in [5.41, 5.74) is 7.40. The predicted molar refractivity (Wildman–Crippen MR) is 128 cm³/mol. The molecule has 34 heavy (non-hydrogen) atoms. The van der Waals surface area contributed by atoms with E-state index in [0.29, 0.717) is 47.8 Å². The van der Waals surface area contributed by atoms with Crippen molar-refractivity contribution in [2.75, 3.05) is 23.7 Å². The number of aromatic nitrogens is 5. The fourth-order valence-electron chi connectivity index (χ4n) is 4.09. The van der Waals surface area contributed by atoms with Crippen LogP contribution in [-0.4, -0.2) is 49.5 Å². The third-order valence-corrected chi connectivity index (χ3v) is 6.37. The first-order chi connectivity index (χ1) is 16.2. The highest BCUT2D eigenvalue weighted by Gasteiger charge is 2.29. The number of carbonyl (C=O) groups is 1. The first-order valence-corrected chi connectivity index (χ1v) is 11.2. The van der Waals surface area contributed by atoms with E-state index in [0.717, 1.165) is 5.69 Å². The van der Waals surface area contributed by atoms with E-state index in [2.05, 4.69) is 20.6 Å². The summed E-state index contributed by atoms with van der Waals surface area (Å²) < 4.78 is 7.86. The number of pyridine rings is 1. The summed E-state index contributed by atoms with van der Waals surface area (Å²) in [6, 6.07) is 4.67. The molecule has 11 nitrogen and oxygen atoms in total. The Balaban J connectivity index is 1.35. The summed E-state index contributed by atoms with van der Waals surface area (Å²) in [4.78, 5) is 31.8. The molecule has 4 aromatic rings. The summed E-state index contributed by atoms with van der Waals surface area (Å²) in [6.45, 7) is 3.04. The monoisotopic (exact) mass is 502 g/mol. The third kappa shape index (κ3) is 3.76. The van der Waals surface area contributed by atoms with E-state index >= 15 is 0 Å². The van der Waals surface area contributed by atoms with Gasteiger partial charge in [-0.15, -0.1) is 0 Å². The molecule has 0 unspecified atom stereocenters. The summed E-state index contributed by atoms with van der Waals surface area (Å²) in [7, 11) is 1.53. The van der Waals surface area contributed by atoms with Crippen LogP contribution in [0.5, 0.6) is 0 Å². The molecule has 1 fully saturated rings. The van der Waals surface area contributed by atoms with Gasteiger partial charge in [0.05, 0.1) is 26.7 Å². The Morgan fingerprint density at radius 2 is 2.00 bits per heavy atom. The third-order valence-electron chi connectivity index (χ3n) is 5.77. The summed E-state index contributed by atoms with van der Waals surface area (Å²) >= 11 is 12.8. The molecule has 1 amide bonds. The van der Waals surface area contributed by atoms with Crippen LogP contribution >= 0.6 is 23.2 Å². The minimum absolute atomic E-state index is 0.129. The fourth-order valence-corrected chi connectivity index (χ4v) is 4.74. The molecule has 1 atom stereocenters. The molecule has 1 saturated heterocycles. The highest BCUT2D eigenvalue weighted by atomic mass is 35.5. The second-order valence-corrected chi connectivity index (χ2v) is 8.94. The number of aryl methyl sites for hydroxylation is 2. The highest BCUT2D eigenvalue weighted by molar-refractivity contribution is 6.40. The number of carbonyl (C=O) groups excluding carboxylic acids is 1. The Morgan fingerprint density at radius 1 is 1.26 bits per heavy atom. The number of hydrogen-bond acceptors (Lipinski definition) is 8. The second kappa shape index (κ2) is 8.33. The van der Waals surface area contributed by atoms with Gasteiger partial charge < -0.3 is 20.5 Å². The van der Waals surface area contributed by atoms with Crippen molar-refractivity contribution in [1.82, 2.24) is 29.8 Å². The van der Waals surface area contributed by atoms with Gasteiger partial charge >= 0.3 is 5.69 Å². The second-order valence-electron chi connectivity index (χ2n) is 8.13. The van der Waals surface area contributed by atoms with Gasteiger partial charge in [0, 0.05) is 31.9 Å². The topological polar surface area (TPSA) is 137 Å². The molecule has 4 heterocycles. The van der Waals surface area contributed by atoms with Crippen molar-refractivity contribution in [3.05, 3.63) is 56.3 Å². The van der Waals surface area contributed by atoms with Gasteiger partial charge in [0.25, 0.3) is 5.91 Å². The van der Waals surface area contributed by atoms with Gasteiger partial charge in [-0.2, -0.15) is 5.10 Å². The maximum absolute atomic E-state index is 13.0. The van der Waals surface area contributed by atoms with E-state index in [1.165, 1.54) is 34.8 Å². The van der Waals surface area contributed by atoms with Crippen LogP contribution in [0.2, 0.25) is 10.0 Å². The zero-order valence-electron chi connectivity index (χ0n) is 18.2. The number of rotatable bonds is 4. The van der Waals surface area contributed by atoms with Gasteiger partial charge in [0.1, 0.15) is 6.33 Å². The lowest BCUT2D eigenvalue weighted by Gasteiger charge is -2.19. The molecule has 13 heteroatoms.